The molecule has 1 aromatic rings. The lowest BCUT2D eigenvalue weighted by molar-refractivity contribution is -0.129. The molecule has 0 spiro atoms. The van der Waals surface area contributed by atoms with Crippen molar-refractivity contribution in [1.29, 1.82) is 0 Å². The second-order valence-electron chi connectivity index (χ2n) is 6.60. The van der Waals surface area contributed by atoms with Crippen LogP contribution in [0.15, 0.2) is 24.3 Å². The number of carbonyl (C=O) groups excluding carboxylic acids is 2. The number of hydrogen-bond donors (Lipinski definition) is 2. The zero-order valence-electron chi connectivity index (χ0n) is 15.4. The fraction of sp³-hybridized carbons (Fsp3) is 0.579. The first-order chi connectivity index (χ1) is 12.1. The summed E-state index contributed by atoms with van der Waals surface area (Å²) < 4.78 is 0. The maximum Gasteiger partial charge on any atom is 0.315 e. The van der Waals surface area contributed by atoms with Crippen LogP contribution in [-0.4, -0.2) is 55.0 Å². The van der Waals surface area contributed by atoms with Crippen molar-refractivity contribution in [2.45, 2.75) is 39.3 Å². The smallest absolute Gasteiger partial charge is 0.315 e. The Morgan fingerprint density at radius 2 is 1.88 bits per heavy atom. The maximum atomic E-state index is 11.9. The van der Waals surface area contributed by atoms with Crippen molar-refractivity contribution in [3.8, 4) is 0 Å². The topological polar surface area (TPSA) is 64.7 Å². The Bertz CT molecular complexity index is 570. The summed E-state index contributed by atoms with van der Waals surface area (Å²) in [5, 5.41) is 5.61. The number of amides is 3. The van der Waals surface area contributed by atoms with Crippen LogP contribution < -0.4 is 10.6 Å². The predicted octanol–water partition coefficient (Wildman–Crippen LogP) is 1.95. The quantitative estimate of drug-likeness (QED) is 0.756. The van der Waals surface area contributed by atoms with E-state index in [1.54, 1.807) is 0 Å². The molecule has 1 aromatic carbocycles. The molecular weight excluding hydrogens is 316 g/mol. The fourth-order valence-electron chi connectivity index (χ4n) is 2.91. The first-order valence-corrected chi connectivity index (χ1v) is 9.14. The van der Waals surface area contributed by atoms with E-state index in [4.69, 9.17) is 0 Å². The molecule has 2 rings (SSSR count). The van der Waals surface area contributed by atoms with Crippen LogP contribution in [0.25, 0.3) is 0 Å². The van der Waals surface area contributed by atoms with Crippen LogP contribution in [0.3, 0.4) is 0 Å². The Balaban J connectivity index is 1.67. The van der Waals surface area contributed by atoms with Crippen molar-refractivity contribution >= 4 is 11.9 Å². The van der Waals surface area contributed by atoms with E-state index in [9.17, 15) is 9.59 Å². The van der Waals surface area contributed by atoms with E-state index in [1.165, 1.54) is 5.56 Å². The van der Waals surface area contributed by atoms with Crippen LogP contribution in [-0.2, 0) is 17.9 Å². The maximum absolute atomic E-state index is 11.9. The summed E-state index contributed by atoms with van der Waals surface area (Å²) in [6, 6.07) is 8.00. The molecule has 0 bridgehead atoms. The molecule has 138 valence electrons. The van der Waals surface area contributed by atoms with Gasteiger partial charge in [-0.05, 0) is 37.6 Å². The van der Waals surface area contributed by atoms with Crippen molar-refractivity contribution in [3.63, 3.8) is 0 Å². The molecule has 1 fully saturated rings. The van der Waals surface area contributed by atoms with Gasteiger partial charge in [-0.3, -0.25) is 4.79 Å². The lowest BCUT2D eigenvalue weighted by atomic mass is 10.1. The molecule has 0 unspecified atom stereocenters. The molecule has 0 aliphatic carbocycles. The van der Waals surface area contributed by atoms with Gasteiger partial charge in [0.15, 0.2) is 0 Å². The third kappa shape index (κ3) is 6.74. The normalized spacial score (nSPS) is 14.0. The Morgan fingerprint density at radius 1 is 1.16 bits per heavy atom. The largest absolute Gasteiger partial charge is 0.343 e. The third-order valence-corrected chi connectivity index (χ3v) is 4.52. The number of benzene rings is 1. The molecule has 2 N–H and O–H groups in total. The number of likely N-dealkylation sites (tertiary alicyclic amines) is 1. The summed E-state index contributed by atoms with van der Waals surface area (Å²) in [5.74, 6) is 0.130. The molecule has 6 heteroatoms. The molecular formula is C19H30N4O2. The van der Waals surface area contributed by atoms with Gasteiger partial charge in [-0.25, -0.2) is 4.79 Å². The summed E-state index contributed by atoms with van der Waals surface area (Å²) >= 11 is 0. The van der Waals surface area contributed by atoms with Gasteiger partial charge in [-0.1, -0.05) is 31.2 Å². The average molecular weight is 346 g/mol. The second-order valence-corrected chi connectivity index (χ2v) is 6.60. The van der Waals surface area contributed by atoms with Gasteiger partial charge in [0.2, 0.25) is 5.91 Å². The highest BCUT2D eigenvalue weighted by molar-refractivity contribution is 5.78. The van der Waals surface area contributed by atoms with E-state index in [1.807, 2.05) is 17.0 Å². The Morgan fingerprint density at radius 3 is 2.60 bits per heavy atom. The fourth-order valence-corrected chi connectivity index (χ4v) is 2.91. The molecule has 1 aliphatic heterocycles. The van der Waals surface area contributed by atoms with Crippen molar-refractivity contribution in [1.82, 2.24) is 20.4 Å². The van der Waals surface area contributed by atoms with Gasteiger partial charge in [0, 0.05) is 39.1 Å². The standard InChI is InChI=1S/C19H30N4O2/c1-3-22(2)15-17-8-6-7-16(13-17)14-21-19(25)20-10-9-18(24)23-11-4-5-12-23/h6-8,13H,3-5,9-12,14-15H2,1-2H3,(H2,20,21,25). The summed E-state index contributed by atoms with van der Waals surface area (Å²) in [7, 11) is 2.09. The molecule has 1 aliphatic rings. The minimum atomic E-state index is -0.231. The monoisotopic (exact) mass is 346 g/mol. The highest BCUT2D eigenvalue weighted by Gasteiger charge is 2.17. The number of nitrogens with zero attached hydrogens (tertiary/aromatic N) is 2. The van der Waals surface area contributed by atoms with Crippen LogP contribution in [0.1, 0.15) is 37.3 Å². The van der Waals surface area contributed by atoms with Crippen LogP contribution in [0.5, 0.6) is 0 Å². The average Bonchev–Trinajstić information content (AvgIpc) is 3.15. The Labute approximate surface area is 150 Å². The van der Waals surface area contributed by atoms with Crippen molar-refractivity contribution in [2.75, 3.05) is 33.2 Å². The van der Waals surface area contributed by atoms with Gasteiger partial charge in [0.25, 0.3) is 0 Å². The zero-order chi connectivity index (χ0) is 18.1. The van der Waals surface area contributed by atoms with Crippen molar-refractivity contribution < 1.29 is 9.59 Å². The SMILES string of the molecule is CCN(C)Cc1cccc(CNC(=O)NCCC(=O)N2CCCC2)c1. The van der Waals surface area contributed by atoms with E-state index in [2.05, 4.69) is 41.6 Å². The number of nitrogens with one attached hydrogen (secondary N) is 2. The molecule has 1 saturated heterocycles. The van der Waals surface area contributed by atoms with Crippen molar-refractivity contribution in [3.05, 3.63) is 35.4 Å². The highest BCUT2D eigenvalue weighted by atomic mass is 16.2. The van der Waals surface area contributed by atoms with E-state index < -0.39 is 0 Å². The summed E-state index contributed by atoms with van der Waals surface area (Å²) in [6.45, 7) is 6.60. The van der Waals surface area contributed by atoms with Crippen LogP contribution in [0, 0.1) is 0 Å². The zero-order valence-corrected chi connectivity index (χ0v) is 15.4. The summed E-state index contributed by atoms with van der Waals surface area (Å²) in [5.41, 5.74) is 2.31. The number of urea groups is 1. The lowest BCUT2D eigenvalue weighted by Gasteiger charge is -2.15. The Kier molecular flexibility index (Phi) is 7.73. The molecule has 0 atom stereocenters. The van der Waals surface area contributed by atoms with Gasteiger partial charge < -0.3 is 20.4 Å². The van der Waals surface area contributed by atoms with Crippen LogP contribution >= 0.6 is 0 Å². The minimum Gasteiger partial charge on any atom is -0.343 e. The lowest BCUT2D eigenvalue weighted by Crippen LogP contribution is -2.38. The molecule has 0 aromatic heterocycles. The summed E-state index contributed by atoms with van der Waals surface area (Å²) in [4.78, 5) is 27.9. The highest BCUT2D eigenvalue weighted by Crippen LogP contribution is 2.09. The predicted molar refractivity (Wildman–Crippen MR) is 99.1 cm³/mol. The second kappa shape index (κ2) is 10.0. The van der Waals surface area contributed by atoms with Crippen LogP contribution in [0.2, 0.25) is 0 Å². The molecule has 1 heterocycles. The van der Waals surface area contributed by atoms with Crippen LogP contribution in [0.4, 0.5) is 4.79 Å². The van der Waals surface area contributed by atoms with E-state index in [0.717, 1.165) is 44.6 Å². The van der Waals surface area contributed by atoms with Crippen molar-refractivity contribution in [2.24, 2.45) is 0 Å². The molecule has 0 saturated carbocycles. The summed E-state index contributed by atoms with van der Waals surface area (Å²) in [6.07, 6.45) is 2.55. The Hall–Kier alpha value is -2.08. The van der Waals surface area contributed by atoms with Gasteiger partial charge in [0.05, 0.1) is 0 Å². The van der Waals surface area contributed by atoms with E-state index in [-0.39, 0.29) is 11.9 Å². The minimum absolute atomic E-state index is 0.130. The van der Waals surface area contributed by atoms with E-state index in [0.29, 0.717) is 19.5 Å². The van der Waals surface area contributed by atoms with Gasteiger partial charge in [-0.2, -0.15) is 0 Å². The first kappa shape index (κ1) is 19.2. The molecule has 25 heavy (non-hydrogen) atoms. The van der Waals surface area contributed by atoms with Gasteiger partial charge in [-0.15, -0.1) is 0 Å². The molecule has 0 radical (unpaired) electrons. The first-order valence-electron chi connectivity index (χ1n) is 9.14. The van der Waals surface area contributed by atoms with E-state index >= 15 is 0 Å². The van der Waals surface area contributed by atoms with Gasteiger partial charge >= 0.3 is 6.03 Å². The third-order valence-electron chi connectivity index (χ3n) is 4.52. The number of rotatable bonds is 8. The number of hydrogen-bond acceptors (Lipinski definition) is 3. The van der Waals surface area contributed by atoms with Gasteiger partial charge in [0.1, 0.15) is 0 Å². The molecule has 6 nitrogen and oxygen atoms in total. The molecule has 3 amide bonds. The number of carbonyl (C=O) groups is 2.